The number of hydrogen-bond acceptors (Lipinski definition) is 6. The summed E-state index contributed by atoms with van der Waals surface area (Å²) in [5.41, 5.74) is -0.991. The molecule has 0 aliphatic carbocycles. The normalized spacial score (nSPS) is 19.7. The zero-order valence-corrected chi connectivity index (χ0v) is 13.8. The molecule has 0 spiro atoms. The largest absolute Gasteiger partial charge is 0.454 e. The number of nitrogens with zero attached hydrogens (tertiary/aromatic N) is 2. The SMILES string of the molecule is CCC1(CC)NC(=O)N(CC(=O)OCC(=O)N2CCCC2=O)C1=O. The van der Waals surface area contributed by atoms with E-state index >= 15 is 0 Å². The van der Waals surface area contributed by atoms with Crippen LogP contribution in [0.3, 0.4) is 0 Å². The van der Waals surface area contributed by atoms with Gasteiger partial charge in [0.2, 0.25) is 5.91 Å². The third-order valence-corrected chi connectivity index (χ3v) is 4.47. The molecule has 0 aromatic rings. The van der Waals surface area contributed by atoms with Crippen LogP contribution in [0, 0.1) is 0 Å². The van der Waals surface area contributed by atoms with Gasteiger partial charge in [0, 0.05) is 13.0 Å². The van der Waals surface area contributed by atoms with E-state index in [1.54, 1.807) is 13.8 Å². The van der Waals surface area contributed by atoms with Gasteiger partial charge in [0.1, 0.15) is 12.1 Å². The number of esters is 1. The summed E-state index contributed by atoms with van der Waals surface area (Å²) in [6.07, 6.45) is 1.72. The lowest BCUT2D eigenvalue weighted by atomic mass is 9.93. The molecule has 0 unspecified atom stereocenters. The van der Waals surface area contributed by atoms with Gasteiger partial charge in [-0.15, -0.1) is 0 Å². The van der Waals surface area contributed by atoms with Crippen LogP contribution >= 0.6 is 0 Å². The van der Waals surface area contributed by atoms with Crippen LogP contribution < -0.4 is 5.32 Å². The Hall–Kier alpha value is -2.45. The van der Waals surface area contributed by atoms with Crippen molar-refractivity contribution >= 4 is 29.7 Å². The summed E-state index contributed by atoms with van der Waals surface area (Å²) in [4.78, 5) is 61.1. The minimum Gasteiger partial charge on any atom is -0.454 e. The Bertz CT molecular complexity index is 584. The van der Waals surface area contributed by atoms with Crippen molar-refractivity contribution < 1.29 is 28.7 Å². The molecular weight excluding hydrogens is 318 g/mol. The van der Waals surface area contributed by atoms with Crippen molar-refractivity contribution in [3.05, 3.63) is 0 Å². The minimum atomic E-state index is -0.991. The number of nitrogens with one attached hydrogen (secondary N) is 1. The number of rotatable bonds is 6. The highest BCUT2D eigenvalue weighted by molar-refractivity contribution is 6.08. The van der Waals surface area contributed by atoms with Crippen LogP contribution in [0.1, 0.15) is 39.5 Å². The van der Waals surface area contributed by atoms with Crippen molar-refractivity contribution in [1.82, 2.24) is 15.1 Å². The molecule has 2 heterocycles. The van der Waals surface area contributed by atoms with E-state index < -0.39 is 42.5 Å². The predicted molar refractivity (Wildman–Crippen MR) is 80.5 cm³/mol. The van der Waals surface area contributed by atoms with Gasteiger partial charge >= 0.3 is 12.0 Å². The van der Waals surface area contributed by atoms with Crippen molar-refractivity contribution in [3.8, 4) is 0 Å². The first-order chi connectivity index (χ1) is 11.3. The number of ether oxygens (including phenoxy) is 1. The molecule has 24 heavy (non-hydrogen) atoms. The van der Waals surface area contributed by atoms with Gasteiger partial charge < -0.3 is 10.1 Å². The average molecular weight is 339 g/mol. The molecule has 2 fully saturated rings. The van der Waals surface area contributed by atoms with Crippen molar-refractivity contribution in [1.29, 1.82) is 0 Å². The number of urea groups is 1. The lowest BCUT2D eigenvalue weighted by Crippen LogP contribution is -2.46. The summed E-state index contributed by atoms with van der Waals surface area (Å²) >= 11 is 0. The topological polar surface area (TPSA) is 113 Å². The molecule has 2 aliphatic rings. The van der Waals surface area contributed by atoms with Crippen LogP contribution in [0.4, 0.5) is 4.79 Å². The molecule has 5 amide bonds. The van der Waals surface area contributed by atoms with Crippen LogP contribution in [0.2, 0.25) is 0 Å². The van der Waals surface area contributed by atoms with Crippen LogP contribution in [0.25, 0.3) is 0 Å². The first-order valence-electron chi connectivity index (χ1n) is 7.97. The summed E-state index contributed by atoms with van der Waals surface area (Å²) in [7, 11) is 0. The van der Waals surface area contributed by atoms with Crippen molar-refractivity contribution in [2.75, 3.05) is 19.7 Å². The summed E-state index contributed by atoms with van der Waals surface area (Å²) in [6.45, 7) is 2.72. The Kier molecular flexibility index (Phi) is 5.20. The van der Waals surface area contributed by atoms with E-state index in [1.807, 2.05) is 0 Å². The van der Waals surface area contributed by atoms with E-state index in [0.717, 1.165) is 9.80 Å². The first kappa shape index (κ1) is 17.9. The highest BCUT2D eigenvalue weighted by atomic mass is 16.5. The molecule has 0 aromatic carbocycles. The van der Waals surface area contributed by atoms with Gasteiger partial charge in [-0.1, -0.05) is 13.8 Å². The molecule has 9 heteroatoms. The smallest absolute Gasteiger partial charge is 0.326 e. The maximum atomic E-state index is 12.3. The van der Waals surface area contributed by atoms with Gasteiger partial charge in [-0.2, -0.15) is 0 Å². The molecule has 1 N–H and O–H groups in total. The van der Waals surface area contributed by atoms with Crippen molar-refractivity contribution in [2.45, 2.75) is 45.1 Å². The fraction of sp³-hybridized carbons (Fsp3) is 0.667. The van der Waals surface area contributed by atoms with Crippen LogP contribution in [-0.2, 0) is 23.9 Å². The van der Waals surface area contributed by atoms with Crippen molar-refractivity contribution in [3.63, 3.8) is 0 Å². The molecular formula is C15H21N3O6. The van der Waals surface area contributed by atoms with Gasteiger partial charge in [0.25, 0.3) is 11.8 Å². The maximum absolute atomic E-state index is 12.3. The lowest BCUT2D eigenvalue weighted by Gasteiger charge is -2.22. The molecule has 2 rings (SSSR count). The van der Waals surface area contributed by atoms with Gasteiger partial charge in [-0.25, -0.2) is 4.79 Å². The van der Waals surface area contributed by atoms with E-state index in [1.165, 1.54) is 0 Å². The number of imide groups is 2. The summed E-state index contributed by atoms with van der Waals surface area (Å²) in [5, 5.41) is 2.60. The van der Waals surface area contributed by atoms with E-state index in [4.69, 9.17) is 4.74 Å². The van der Waals surface area contributed by atoms with E-state index in [9.17, 15) is 24.0 Å². The van der Waals surface area contributed by atoms with E-state index in [2.05, 4.69) is 5.32 Å². The Morgan fingerprint density at radius 2 is 1.88 bits per heavy atom. The third kappa shape index (κ3) is 3.24. The second-order valence-electron chi connectivity index (χ2n) is 5.81. The van der Waals surface area contributed by atoms with Crippen molar-refractivity contribution in [2.24, 2.45) is 0 Å². The number of likely N-dealkylation sites (tertiary alicyclic amines) is 1. The quantitative estimate of drug-likeness (QED) is 0.529. The average Bonchev–Trinajstić information content (AvgIpc) is 3.09. The lowest BCUT2D eigenvalue weighted by molar-refractivity contribution is -0.155. The van der Waals surface area contributed by atoms with E-state index in [0.29, 0.717) is 32.2 Å². The molecule has 132 valence electrons. The summed E-state index contributed by atoms with van der Waals surface area (Å²) in [5.74, 6) is -2.24. The van der Waals surface area contributed by atoms with Gasteiger partial charge in [-0.3, -0.25) is 29.0 Å². The Balaban J connectivity index is 1.88. The van der Waals surface area contributed by atoms with Crippen LogP contribution in [-0.4, -0.2) is 64.8 Å². The molecule has 2 aliphatic heterocycles. The maximum Gasteiger partial charge on any atom is 0.326 e. The predicted octanol–water partition coefficient (Wildman–Crippen LogP) is -0.211. The number of hydrogen-bond donors (Lipinski definition) is 1. The Labute approximate surface area is 139 Å². The van der Waals surface area contributed by atoms with Gasteiger partial charge in [-0.05, 0) is 19.3 Å². The zero-order chi connectivity index (χ0) is 17.9. The van der Waals surface area contributed by atoms with Gasteiger partial charge in [0.15, 0.2) is 6.61 Å². The molecule has 0 radical (unpaired) electrons. The van der Waals surface area contributed by atoms with Gasteiger partial charge in [0.05, 0.1) is 0 Å². The zero-order valence-electron chi connectivity index (χ0n) is 13.8. The summed E-state index contributed by atoms with van der Waals surface area (Å²) in [6, 6.07) is -0.651. The highest BCUT2D eigenvalue weighted by Gasteiger charge is 2.49. The number of amides is 5. The fourth-order valence-electron chi connectivity index (χ4n) is 2.86. The molecule has 9 nitrogen and oxygen atoms in total. The second kappa shape index (κ2) is 6.98. The minimum absolute atomic E-state index is 0.291. The highest BCUT2D eigenvalue weighted by Crippen LogP contribution is 2.24. The molecule has 0 aromatic heterocycles. The third-order valence-electron chi connectivity index (χ3n) is 4.47. The molecule has 0 bridgehead atoms. The van der Waals surface area contributed by atoms with E-state index in [-0.39, 0.29) is 5.91 Å². The fourth-order valence-corrected chi connectivity index (χ4v) is 2.86. The van der Waals surface area contributed by atoms with Crippen LogP contribution in [0.15, 0.2) is 0 Å². The monoisotopic (exact) mass is 339 g/mol. The number of carbonyl (C=O) groups is 5. The molecule has 0 atom stereocenters. The number of carbonyl (C=O) groups excluding carboxylic acids is 5. The Morgan fingerprint density at radius 3 is 2.38 bits per heavy atom. The summed E-state index contributed by atoms with van der Waals surface area (Å²) < 4.78 is 4.80. The van der Waals surface area contributed by atoms with Crippen LogP contribution in [0.5, 0.6) is 0 Å². The standard InChI is InChI=1S/C15H21N3O6/c1-3-15(4-2)13(22)18(14(23)16-15)8-12(21)24-9-11(20)17-7-5-6-10(17)19/h3-9H2,1-2H3,(H,16,23). The molecule has 2 saturated heterocycles. The molecule has 0 saturated carbocycles. The first-order valence-corrected chi connectivity index (χ1v) is 7.97. The Morgan fingerprint density at radius 1 is 1.21 bits per heavy atom. The second-order valence-corrected chi connectivity index (χ2v) is 5.81.